The Morgan fingerprint density at radius 1 is 1.14 bits per heavy atom. The fourth-order valence-corrected chi connectivity index (χ4v) is 5.08. The molecule has 1 aliphatic heterocycles. The normalized spacial score (nSPS) is 14.5. The molecule has 9 heteroatoms. The van der Waals surface area contributed by atoms with Gasteiger partial charge in [-0.2, -0.15) is 0 Å². The smallest absolute Gasteiger partial charge is 0.320 e. The van der Waals surface area contributed by atoms with Gasteiger partial charge in [-0.25, -0.2) is 9.97 Å². The van der Waals surface area contributed by atoms with Gasteiger partial charge >= 0.3 is 5.97 Å². The summed E-state index contributed by atoms with van der Waals surface area (Å²) < 4.78 is 17.8. The Hall–Kier alpha value is -2.91. The first-order chi connectivity index (χ1) is 18.1. The van der Waals surface area contributed by atoms with Gasteiger partial charge in [-0.05, 0) is 75.9 Å². The van der Waals surface area contributed by atoms with E-state index in [1.165, 1.54) is 6.42 Å². The van der Waals surface area contributed by atoms with Crippen molar-refractivity contribution < 1.29 is 19.0 Å². The van der Waals surface area contributed by atoms with Crippen LogP contribution in [0.4, 0.5) is 11.5 Å². The van der Waals surface area contributed by atoms with Crippen LogP contribution < -0.4 is 14.8 Å². The highest BCUT2D eigenvalue weighted by molar-refractivity contribution is 9.10. The average Bonchev–Trinajstić information content (AvgIpc) is 2.89. The molecule has 1 aliphatic rings. The molecule has 4 rings (SSSR count). The number of ether oxygens (including phenoxy) is 3. The van der Waals surface area contributed by atoms with Crippen LogP contribution in [0, 0.1) is 5.92 Å². The number of fused-ring (bicyclic) bond motifs is 1. The Labute approximate surface area is 226 Å². The Morgan fingerprint density at radius 3 is 2.73 bits per heavy atom. The van der Waals surface area contributed by atoms with Crippen molar-refractivity contribution in [1.82, 2.24) is 14.9 Å². The standard InChI is InChI=1S/C28H35BrN4O4/c1-3-36-27(34)18-33-12-10-20(11-13-33)7-4-5-14-37-26-16-23-24(17-25(26)35-2)30-19-31-28(23)32-22-9-6-8-21(29)15-22/h6,8-9,15-17,19-20H,3-5,7,10-14,18H2,1-2H3,(H,30,31,32). The van der Waals surface area contributed by atoms with Gasteiger partial charge in [0, 0.05) is 21.6 Å². The number of carbonyl (C=O) groups is 1. The quantitative estimate of drug-likeness (QED) is 0.210. The van der Waals surface area contributed by atoms with E-state index in [4.69, 9.17) is 14.2 Å². The molecule has 0 atom stereocenters. The second kappa shape index (κ2) is 13.6. The van der Waals surface area contributed by atoms with Crippen LogP contribution in [0.25, 0.3) is 10.9 Å². The fraction of sp³-hybridized carbons (Fsp3) is 0.464. The zero-order valence-electron chi connectivity index (χ0n) is 21.5. The second-order valence-corrected chi connectivity index (χ2v) is 10.2. The van der Waals surface area contributed by atoms with Crippen molar-refractivity contribution in [2.45, 2.75) is 39.0 Å². The highest BCUT2D eigenvalue weighted by Crippen LogP contribution is 2.35. The fourth-order valence-electron chi connectivity index (χ4n) is 4.68. The van der Waals surface area contributed by atoms with Gasteiger partial charge in [0.2, 0.25) is 0 Å². The third-order valence-corrected chi connectivity index (χ3v) is 7.13. The van der Waals surface area contributed by atoms with E-state index in [9.17, 15) is 4.79 Å². The molecule has 1 N–H and O–H groups in total. The number of carbonyl (C=O) groups excluding carboxylic acids is 1. The maximum Gasteiger partial charge on any atom is 0.320 e. The van der Waals surface area contributed by atoms with Gasteiger partial charge in [0.05, 0.1) is 32.4 Å². The lowest BCUT2D eigenvalue weighted by atomic mass is 9.91. The van der Waals surface area contributed by atoms with Crippen LogP contribution >= 0.6 is 15.9 Å². The lowest BCUT2D eigenvalue weighted by Gasteiger charge is -2.31. The summed E-state index contributed by atoms with van der Waals surface area (Å²) in [6.45, 7) is 5.25. The van der Waals surface area contributed by atoms with Crippen LogP contribution in [0.15, 0.2) is 47.2 Å². The van der Waals surface area contributed by atoms with E-state index in [0.717, 1.165) is 59.8 Å². The molecule has 0 amide bonds. The molecule has 1 fully saturated rings. The first kappa shape index (κ1) is 27.1. The van der Waals surface area contributed by atoms with Crippen LogP contribution in [0.5, 0.6) is 11.5 Å². The highest BCUT2D eigenvalue weighted by Gasteiger charge is 2.21. The number of benzene rings is 2. The van der Waals surface area contributed by atoms with Gasteiger partial charge in [0.15, 0.2) is 11.5 Å². The van der Waals surface area contributed by atoms with E-state index in [1.54, 1.807) is 13.4 Å². The van der Waals surface area contributed by atoms with Crippen molar-refractivity contribution in [2.75, 3.05) is 45.3 Å². The number of esters is 1. The molecule has 2 aromatic carbocycles. The molecule has 0 aliphatic carbocycles. The maximum absolute atomic E-state index is 11.7. The van der Waals surface area contributed by atoms with Gasteiger partial charge < -0.3 is 19.5 Å². The first-order valence-electron chi connectivity index (χ1n) is 12.9. The van der Waals surface area contributed by atoms with Crippen molar-refractivity contribution in [3.8, 4) is 11.5 Å². The number of piperidine rings is 1. The summed E-state index contributed by atoms with van der Waals surface area (Å²) in [5.74, 6) is 2.65. The monoisotopic (exact) mass is 570 g/mol. The van der Waals surface area contributed by atoms with Crippen molar-refractivity contribution in [3.05, 3.63) is 47.2 Å². The predicted molar refractivity (Wildman–Crippen MR) is 149 cm³/mol. The Kier molecular flexibility index (Phi) is 9.96. The molecular weight excluding hydrogens is 536 g/mol. The van der Waals surface area contributed by atoms with Crippen molar-refractivity contribution in [1.29, 1.82) is 0 Å². The van der Waals surface area contributed by atoms with Crippen LogP contribution in [-0.4, -0.2) is 60.8 Å². The van der Waals surface area contributed by atoms with Crippen molar-refractivity contribution >= 4 is 44.3 Å². The summed E-state index contributed by atoms with van der Waals surface area (Å²) in [7, 11) is 1.64. The van der Waals surface area contributed by atoms with Crippen molar-refractivity contribution in [2.24, 2.45) is 5.92 Å². The van der Waals surface area contributed by atoms with E-state index < -0.39 is 0 Å². The number of methoxy groups -OCH3 is 1. The van der Waals surface area contributed by atoms with E-state index >= 15 is 0 Å². The van der Waals surface area contributed by atoms with E-state index in [2.05, 4.69) is 36.1 Å². The molecule has 0 radical (unpaired) electrons. The molecule has 3 aromatic rings. The minimum absolute atomic E-state index is 0.121. The van der Waals surface area contributed by atoms with Crippen molar-refractivity contribution in [3.63, 3.8) is 0 Å². The molecular formula is C28H35BrN4O4. The number of rotatable bonds is 12. The maximum atomic E-state index is 11.7. The summed E-state index contributed by atoms with van der Waals surface area (Å²) in [5.41, 5.74) is 1.71. The largest absolute Gasteiger partial charge is 0.493 e. The number of nitrogens with zero attached hydrogens (tertiary/aromatic N) is 3. The Bertz CT molecular complexity index is 1180. The van der Waals surface area contributed by atoms with Gasteiger partial charge in [0.25, 0.3) is 0 Å². The lowest BCUT2D eigenvalue weighted by Crippen LogP contribution is -2.38. The minimum atomic E-state index is -0.121. The molecule has 0 unspecified atom stereocenters. The molecule has 1 aromatic heterocycles. The molecule has 1 saturated heterocycles. The molecule has 8 nitrogen and oxygen atoms in total. The molecule has 37 heavy (non-hydrogen) atoms. The third kappa shape index (κ3) is 7.79. The number of anilines is 2. The zero-order valence-corrected chi connectivity index (χ0v) is 23.1. The zero-order chi connectivity index (χ0) is 26.0. The number of likely N-dealkylation sites (tertiary alicyclic amines) is 1. The summed E-state index contributed by atoms with van der Waals surface area (Å²) in [6, 6.07) is 11.8. The van der Waals surface area contributed by atoms with E-state index in [0.29, 0.717) is 43.0 Å². The summed E-state index contributed by atoms with van der Waals surface area (Å²) in [6.07, 6.45) is 7.07. The van der Waals surface area contributed by atoms with E-state index in [1.807, 2.05) is 43.3 Å². The number of unbranched alkanes of at least 4 members (excludes halogenated alkanes) is 1. The molecule has 0 saturated carbocycles. The van der Waals surface area contributed by atoms with Crippen LogP contribution in [-0.2, 0) is 9.53 Å². The Morgan fingerprint density at radius 2 is 1.97 bits per heavy atom. The lowest BCUT2D eigenvalue weighted by molar-refractivity contribution is -0.144. The van der Waals surface area contributed by atoms with Crippen LogP contribution in [0.1, 0.15) is 39.0 Å². The van der Waals surface area contributed by atoms with E-state index in [-0.39, 0.29) is 5.97 Å². The number of aromatic nitrogens is 2. The topological polar surface area (TPSA) is 85.8 Å². The van der Waals surface area contributed by atoms with Crippen LogP contribution in [0.3, 0.4) is 0 Å². The number of nitrogens with one attached hydrogen (secondary N) is 1. The molecule has 0 spiro atoms. The molecule has 198 valence electrons. The Balaban J connectivity index is 1.29. The summed E-state index contributed by atoms with van der Waals surface area (Å²) in [5, 5.41) is 4.25. The summed E-state index contributed by atoms with van der Waals surface area (Å²) >= 11 is 3.51. The van der Waals surface area contributed by atoms with Gasteiger partial charge in [0.1, 0.15) is 12.1 Å². The SMILES string of the molecule is CCOC(=O)CN1CCC(CCCCOc2cc3c(Nc4cccc(Br)c4)ncnc3cc2OC)CC1. The highest BCUT2D eigenvalue weighted by atomic mass is 79.9. The predicted octanol–water partition coefficient (Wildman–Crippen LogP) is 5.97. The molecule has 0 bridgehead atoms. The number of hydrogen-bond acceptors (Lipinski definition) is 8. The summed E-state index contributed by atoms with van der Waals surface area (Å²) in [4.78, 5) is 22.8. The minimum Gasteiger partial charge on any atom is -0.493 e. The van der Waals surface area contributed by atoms with Crippen LogP contribution in [0.2, 0.25) is 0 Å². The third-order valence-electron chi connectivity index (χ3n) is 6.64. The molecule has 2 heterocycles. The first-order valence-corrected chi connectivity index (χ1v) is 13.7. The average molecular weight is 572 g/mol. The second-order valence-electron chi connectivity index (χ2n) is 9.25. The van der Waals surface area contributed by atoms with Gasteiger partial charge in [-0.15, -0.1) is 0 Å². The van der Waals surface area contributed by atoms with Gasteiger partial charge in [-0.3, -0.25) is 9.69 Å². The number of hydrogen-bond donors (Lipinski definition) is 1. The van der Waals surface area contributed by atoms with Gasteiger partial charge in [-0.1, -0.05) is 28.4 Å². The number of halogens is 1.